The van der Waals surface area contributed by atoms with E-state index in [9.17, 15) is 0 Å². The van der Waals surface area contributed by atoms with Crippen LogP contribution >= 0.6 is 0 Å². The van der Waals surface area contributed by atoms with Crippen molar-refractivity contribution in [3.63, 3.8) is 0 Å². The molecule has 0 saturated carbocycles. The molecule has 1 N–H and O–H groups in total. The lowest BCUT2D eigenvalue weighted by Gasteiger charge is -2.14. The highest BCUT2D eigenvalue weighted by molar-refractivity contribution is 5.80. The van der Waals surface area contributed by atoms with E-state index in [-0.39, 0.29) is 6.01 Å². The maximum Gasteiger partial charge on any atom is 0.320 e. The molecule has 1 aliphatic rings. The zero-order valence-electron chi connectivity index (χ0n) is 16.2. The monoisotopic (exact) mass is 374 g/mol. The van der Waals surface area contributed by atoms with Crippen molar-refractivity contribution < 1.29 is 4.74 Å². The van der Waals surface area contributed by atoms with Crippen molar-refractivity contribution in [3.05, 3.63) is 64.7 Å². The highest BCUT2D eigenvalue weighted by atomic mass is 16.5. The van der Waals surface area contributed by atoms with Gasteiger partial charge in [0.05, 0.1) is 18.5 Å². The molecule has 0 aliphatic carbocycles. The number of nitrogens with zero attached hydrogens (tertiary/aromatic N) is 5. The van der Waals surface area contributed by atoms with Crippen molar-refractivity contribution in [1.29, 1.82) is 0 Å². The normalized spacial score (nSPS) is 12.3. The van der Waals surface area contributed by atoms with Crippen LogP contribution in [-0.4, -0.2) is 43.1 Å². The number of ether oxygens (including phenoxy) is 1. The molecular weight excluding hydrogens is 352 g/mol. The SMILES string of the molecule is Cc1cccc(/C=N/Nc2cc(N(C)C)nc(OCCC3=C=C=CC=N3)n2)c1. The molecule has 0 spiro atoms. The molecule has 7 heteroatoms. The first-order valence-corrected chi connectivity index (χ1v) is 8.88. The molecule has 0 amide bonds. The molecular formula is C21H22N6O. The minimum Gasteiger partial charge on any atom is -0.463 e. The number of rotatable bonds is 8. The Morgan fingerprint density at radius 2 is 2.14 bits per heavy atom. The lowest BCUT2D eigenvalue weighted by atomic mass is 10.2. The van der Waals surface area contributed by atoms with Crippen molar-refractivity contribution >= 4 is 24.1 Å². The van der Waals surface area contributed by atoms with Gasteiger partial charge in [0.1, 0.15) is 5.82 Å². The van der Waals surface area contributed by atoms with Gasteiger partial charge in [-0.1, -0.05) is 35.6 Å². The predicted molar refractivity (Wildman–Crippen MR) is 112 cm³/mol. The Morgan fingerprint density at radius 1 is 1.25 bits per heavy atom. The molecule has 1 aliphatic heterocycles. The first-order valence-electron chi connectivity index (χ1n) is 8.88. The van der Waals surface area contributed by atoms with E-state index in [0.717, 1.165) is 17.1 Å². The minimum atomic E-state index is 0.277. The van der Waals surface area contributed by atoms with E-state index in [1.54, 1.807) is 18.5 Å². The smallest absolute Gasteiger partial charge is 0.320 e. The Labute approximate surface area is 164 Å². The molecule has 0 saturated heterocycles. The zero-order valence-corrected chi connectivity index (χ0v) is 16.2. The van der Waals surface area contributed by atoms with E-state index in [2.05, 4.69) is 43.0 Å². The molecule has 1 aromatic heterocycles. The van der Waals surface area contributed by atoms with E-state index in [0.29, 0.717) is 18.8 Å². The second-order valence-corrected chi connectivity index (χ2v) is 6.33. The Hall–Kier alpha value is -3.66. The summed E-state index contributed by atoms with van der Waals surface area (Å²) in [6.45, 7) is 2.44. The van der Waals surface area contributed by atoms with Crippen LogP contribution in [-0.2, 0) is 0 Å². The average molecular weight is 374 g/mol. The molecule has 2 heterocycles. The van der Waals surface area contributed by atoms with Crippen LogP contribution in [0.1, 0.15) is 17.5 Å². The topological polar surface area (TPSA) is 75.0 Å². The predicted octanol–water partition coefficient (Wildman–Crippen LogP) is 3.34. The Morgan fingerprint density at radius 3 is 2.89 bits per heavy atom. The fourth-order valence-electron chi connectivity index (χ4n) is 2.37. The molecule has 0 unspecified atom stereocenters. The first kappa shape index (κ1) is 19.1. The number of hydrogen-bond acceptors (Lipinski definition) is 7. The molecule has 0 fully saturated rings. The summed E-state index contributed by atoms with van der Waals surface area (Å²) in [7, 11) is 3.81. The maximum absolute atomic E-state index is 5.71. The standard InChI is InChI=1S/C21H22N6O/c1-16-7-6-8-17(13-16)15-23-26-19-14-20(27(2)3)25-21(24-19)28-12-10-18-9-4-5-11-22-18/h5-8,11,13-15H,10,12H2,1-3H3,(H,24,25,26)/b23-15+. The van der Waals surface area contributed by atoms with Crippen molar-refractivity contribution in [3.8, 4) is 6.01 Å². The quantitative estimate of drug-likeness (QED) is 0.436. The van der Waals surface area contributed by atoms with Crippen molar-refractivity contribution in [1.82, 2.24) is 9.97 Å². The summed E-state index contributed by atoms with van der Waals surface area (Å²) >= 11 is 0. The van der Waals surface area contributed by atoms with Crippen LogP contribution in [0.5, 0.6) is 6.01 Å². The van der Waals surface area contributed by atoms with Crippen molar-refractivity contribution in [2.75, 3.05) is 31.0 Å². The van der Waals surface area contributed by atoms with Crippen LogP contribution in [0.3, 0.4) is 0 Å². The fourth-order valence-corrected chi connectivity index (χ4v) is 2.37. The average Bonchev–Trinajstić information content (AvgIpc) is 2.69. The Bertz CT molecular complexity index is 996. The Balaban J connectivity index is 1.67. The van der Waals surface area contributed by atoms with Gasteiger partial charge in [-0.05, 0) is 18.2 Å². The van der Waals surface area contributed by atoms with Gasteiger partial charge in [0.15, 0.2) is 5.82 Å². The summed E-state index contributed by atoms with van der Waals surface area (Å²) in [6, 6.07) is 10.2. The summed E-state index contributed by atoms with van der Waals surface area (Å²) in [5, 5.41) is 4.26. The van der Waals surface area contributed by atoms with E-state index < -0.39 is 0 Å². The van der Waals surface area contributed by atoms with Crippen LogP contribution in [0.25, 0.3) is 0 Å². The number of benzene rings is 1. The number of hydrogen-bond donors (Lipinski definition) is 1. The largest absolute Gasteiger partial charge is 0.463 e. The van der Waals surface area contributed by atoms with Crippen molar-refractivity contribution in [2.24, 2.45) is 10.1 Å². The van der Waals surface area contributed by atoms with Gasteiger partial charge in [0.2, 0.25) is 0 Å². The number of aliphatic imine (C=N–C) groups is 1. The summed E-state index contributed by atoms with van der Waals surface area (Å²) in [5.74, 6) is 1.27. The lowest BCUT2D eigenvalue weighted by molar-refractivity contribution is 0.296. The van der Waals surface area contributed by atoms with E-state index in [1.807, 2.05) is 50.2 Å². The summed E-state index contributed by atoms with van der Waals surface area (Å²) in [6.07, 6.45) is 5.74. The van der Waals surface area contributed by atoms with E-state index >= 15 is 0 Å². The van der Waals surface area contributed by atoms with Gasteiger partial charge < -0.3 is 9.64 Å². The Kier molecular flexibility index (Phi) is 6.37. The summed E-state index contributed by atoms with van der Waals surface area (Å²) in [4.78, 5) is 14.9. The van der Waals surface area contributed by atoms with E-state index in [4.69, 9.17) is 4.74 Å². The second-order valence-electron chi connectivity index (χ2n) is 6.33. The number of anilines is 2. The first-order chi connectivity index (χ1) is 13.6. The van der Waals surface area contributed by atoms with Gasteiger partial charge in [-0.25, -0.2) is 0 Å². The maximum atomic E-state index is 5.71. The van der Waals surface area contributed by atoms with Crippen LogP contribution in [0, 0.1) is 6.92 Å². The molecule has 3 rings (SSSR count). The van der Waals surface area contributed by atoms with Crippen LogP contribution < -0.4 is 15.1 Å². The molecule has 0 atom stereocenters. The summed E-state index contributed by atoms with van der Waals surface area (Å²) < 4.78 is 5.71. The van der Waals surface area contributed by atoms with Gasteiger partial charge in [0, 0.05) is 38.9 Å². The zero-order chi connectivity index (χ0) is 19.8. The molecule has 28 heavy (non-hydrogen) atoms. The second kappa shape index (κ2) is 9.33. The third-order valence-corrected chi connectivity index (χ3v) is 3.76. The van der Waals surface area contributed by atoms with Gasteiger partial charge in [-0.15, -0.1) is 0 Å². The third kappa shape index (κ3) is 5.68. The molecule has 7 nitrogen and oxygen atoms in total. The van der Waals surface area contributed by atoms with Crippen molar-refractivity contribution in [2.45, 2.75) is 13.3 Å². The highest BCUT2D eigenvalue weighted by Crippen LogP contribution is 2.18. The lowest BCUT2D eigenvalue weighted by Crippen LogP contribution is -2.13. The number of aryl methyl sites for hydroxylation is 1. The van der Waals surface area contributed by atoms with Crippen LogP contribution in [0.2, 0.25) is 0 Å². The third-order valence-electron chi connectivity index (χ3n) is 3.76. The van der Waals surface area contributed by atoms with Gasteiger partial charge >= 0.3 is 6.01 Å². The number of aromatic nitrogens is 2. The molecule has 0 bridgehead atoms. The number of hydrazone groups is 1. The van der Waals surface area contributed by atoms with Crippen LogP contribution in [0.15, 0.2) is 63.7 Å². The number of allylic oxidation sites excluding steroid dienone is 1. The highest BCUT2D eigenvalue weighted by Gasteiger charge is 2.08. The molecule has 1 aromatic carbocycles. The molecule has 2 aromatic rings. The van der Waals surface area contributed by atoms with Gasteiger partial charge in [0.25, 0.3) is 0 Å². The van der Waals surface area contributed by atoms with Gasteiger partial charge in [-0.2, -0.15) is 15.1 Å². The molecule has 142 valence electrons. The molecule has 0 radical (unpaired) electrons. The van der Waals surface area contributed by atoms with Crippen LogP contribution in [0.4, 0.5) is 11.6 Å². The number of nitrogens with one attached hydrogen (secondary N) is 1. The minimum absolute atomic E-state index is 0.277. The fraction of sp³-hybridized carbons (Fsp3) is 0.238. The van der Waals surface area contributed by atoms with Gasteiger partial charge in [-0.3, -0.25) is 10.4 Å². The summed E-state index contributed by atoms with van der Waals surface area (Å²) in [5.41, 5.74) is 11.7. The van der Waals surface area contributed by atoms with E-state index in [1.165, 1.54) is 5.56 Å².